The third kappa shape index (κ3) is 11.4. The third-order valence-corrected chi connectivity index (χ3v) is 2.49. The van der Waals surface area contributed by atoms with Gasteiger partial charge in [-0.05, 0) is 25.7 Å². The molecule has 2 heteroatoms. The van der Waals surface area contributed by atoms with Crippen LogP contribution >= 0.6 is 0 Å². The summed E-state index contributed by atoms with van der Waals surface area (Å²) >= 11 is 0. The van der Waals surface area contributed by atoms with E-state index in [4.69, 9.17) is 0 Å². The molecule has 0 heterocycles. The lowest BCUT2D eigenvalue weighted by Gasteiger charge is -2.28. The molecule has 0 aromatic heterocycles. The molecule has 0 unspecified atom stereocenters. The minimum absolute atomic E-state index is 0.280. The average Bonchev–Trinajstić information content (AvgIpc) is 2.04. The summed E-state index contributed by atoms with van der Waals surface area (Å²) in [6.07, 6.45) is 5.18. The van der Waals surface area contributed by atoms with Gasteiger partial charge in [-0.3, -0.25) is 4.79 Å². The van der Waals surface area contributed by atoms with Gasteiger partial charge in [0.1, 0.15) is 0 Å². The Kier molecular flexibility index (Phi) is 13.0. The molecule has 1 aliphatic rings. The Morgan fingerprint density at radius 3 is 1.60 bits per heavy atom. The third-order valence-electron chi connectivity index (χ3n) is 2.49. The van der Waals surface area contributed by atoms with Gasteiger partial charge in [-0.2, -0.15) is 0 Å². The van der Waals surface area contributed by atoms with Crippen molar-refractivity contribution in [2.75, 3.05) is 0 Å². The Labute approximate surface area is 95.8 Å². The number of hydrogen-bond donors (Lipinski definition) is 1. The van der Waals surface area contributed by atoms with Gasteiger partial charge in [0, 0.05) is 6.04 Å². The number of hydrogen-bond acceptors (Lipinski definition) is 1. The molecule has 0 atom stereocenters. The summed E-state index contributed by atoms with van der Waals surface area (Å²) in [6, 6.07) is 0.280. The zero-order chi connectivity index (χ0) is 12.3. The summed E-state index contributed by atoms with van der Waals surface area (Å²) in [7, 11) is 0. The number of carbonyl (C=O) groups excluding carboxylic acids is 1. The summed E-state index contributed by atoms with van der Waals surface area (Å²) in [5, 5.41) is 2.53. The fourth-order valence-corrected chi connectivity index (χ4v) is 1.24. The summed E-state index contributed by atoms with van der Waals surface area (Å²) in [5.74, 6) is 2.04. The first kappa shape index (κ1) is 16.9. The molecule has 15 heavy (non-hydrogen) atoms. The van der Waals surface area contributed by atoms with Crippen LogP contribution < -0.4 is 5.32 Å². The van der Waals surface area contributed by atoms with Crippen LogP contribution in [0.25, 0.3) is 0 Å². The van der Waals surface area contributed by atoms with E-state index in [2.05, 4.69) is 19.2 Å². The van der Waals surface area contributed by atoms with Gasteiger partial charge >= 0.3 is 0 Å². The number of carbonyl (C=O) groups is 1. The minimum atomic E-state index is 0.280. The molecule has 1 rings (SSSR count). The van der Waals surface area contributed by atoms with Crippen LogP contribution in [0.3, 0.4) is 0 Å². The van der Waals surface area contributed by atoms with E-state index in [0.29, 0.717) is 6.41 Å². The summed E-state index contributed by atoms with van der Waals surface area (Å²) < 4.78 is 0. The molecule has 1 aliphatic carbocycles. The van der Waals surface area contributed by atoms with Crippen LogP contribution in [-0.2, 0) is 4.79 Å². The first-order valence-corrected chi connectivity index (χ1v) is 6.27. The standard InChI is InChI=1S/C7H14.C4H9NO.C2H6/c1-6(2)7-4-3-5-7;1-4(2)5-3-6;1-2/h6-7H,3-5H2,1-2H3;3-4H,1-2H3,(H,5,6);1-2H3. The Morgan fingerprint density at radius 1 is 1.13 bits per heavy atom. The van der Waals surface area contributed by atoms with E-state index in [0.717, 1.165) is 11.8 Å². The highest BCUT2D eigenvalue weighted by Gasteiger charge is 2.19. The molecular weight excluding hydrogens is 186 g/mol. The summed E-state index contributed by atoms with van der Waals surface area (Å²) in [5.41, 5.74) is 0. The van der Waals surface area contributed by atoms with Gasteiger partial charge < -0.3 is 5.32 Å². The van der Waals surface area contributed by atoms with Crippen LogP contribution in [0.5, 0.6) is 0 Å². The molecule has 1 amide bonds. The maximum Gasteiger partial charge on any atom is 0.207 e. The van der Waals surface area contributed by atoms with Crippen molar-refractivity contribution in [2.24, 2.45) is 11.8 Å². The quantitative estimate of drug-likeness (QED) is 0.716. The average molecular weight is 215 g/mol. The Balaban J connectivity index is 0. The van der Waals surface area contributed by atoms with Crippen molar-refractivity contribution in [1.82, 2.24) is 5.32 Å². The first-order valence-electron chi connectivity index (χ1n) is 6.27. The fraction of sp³-hybridized carbons (Fsp3) is 0.923. The van der Waals surface area contributed by atoms with Gasteiger partial charge in [-0.15, -0.1) is 0 Å². The lowest BCUT2D eigenvalue weighted by atomic mass is 9.78. The molecule has 0 aromatic rings. The molecule has 1 fully saturated rings. The fourth-order valence-electron chi connectivity index (χ4n) is 1.24. The number of rotatable bonds is 3. The molecule has 92 valence electrons. The van der Waals surface area contributed by atoms with Crippen LogP contribution in [0.15, 0.2) is 0 Å². The highest BCUT2D eigenvalue weighted by molar-refractivity contribution is 5.46. The van der Waals surface area contributed by atoms with Gasteiger partial charge in [0.05, 0.1) is 0 Å². The van der Waals surface area contributed by atoms with Crippen molar-refractivity contribution in [3.05, 3.63) is 0 Å². The maximum absolute atomic E-state index is 9.50. The largest absolute Gasteiger partial charge is 0.357 e. The lowest BCUT2D eigenvalue weighted by molar-refractivity contribution is -0.109. The van der Waals surface area contributed by atoms with E-state index in [9.17, 15) is 4.79 Å². The molecule has 0 aliphatic heterocycles. The molecule has 0 bridgehead atoms. The second kappa shape index (κ2) is 11.5. The topological polar surface area (TPSA) is 29.1 Å². The molecule has 0 aromatic carbocycles. The van der Waals surface area contributed by atoms with Gasteiger partial charge in [0.15, 0.2) is 0 Å². The minimum Gasteiger partial charge on any atom is -0.357 e. The summed E-state index contributed by atoms with van der Waals surface area (Å²) in [4.78, 5) is 9.50. The van der Waals surface area contributed by atoms with Crippen LogP contribution in [0, 0.1) is 11.8 Å². The predicted molar refractivity (Wildman–Crippen MR) is 67.9 cm³/mol. The van der Waals surface area contributed by atoms with Gasteiger partial charge in [0.2, 0.25) is 6.41 Å². The van der Waals surface area contributed by atoms with Gasteiger partial charge in [0.25, 0.3) is 0 Å². The Bertz CT molecular complexity index is 128. The predicted octanol–water partition coefficient (Wildman–Crippen LogP) is 3.61. The van der Waals surface area contributed by atoms with E-state index in [1.54, 1.807) is 0 Å². The smallest absolute Gasteiger partial charge is 0.207 e. The summed E-state index contributed by atoms with van der Waals surface area (Å²) in [6.45, 7) is 12.5. The van der Waals surface area contributed by atoms with E-state index in [1.165, 1.54) is 19.3 Å². The normalized spacial score (nSPS) is 14.4. The van der Waals surface area contributed by atoms with E-state index in [1.807, 2.05) is 27.7 Å². The number of nitrogens with one attached hydrogen (secondary N) is 1. The molecule has 0 spiro atoms. The van der Waals surface area contributed by atoms with E-state index in [-0.39, 0.29) is 6.04 Å². The highest BCUT2D eigenvalue weighted by Crippen LogP contribution is 2.32. The second-order valence-electron chi connectivity index (χ2n) is 4.37. The lowest BCUT2D eigenvalue weighted by Crippen LogP contribution is -2.19. The monoisotopic (exact) mass is 215 g/mol. The van der Waals surface area contributed by atoms with Crippen LogP contribution in [0.4, 0.5) is 0 Å². The van der Waals surface area contributed by atoms with Gasteiger partial charge in [-0.1, -0.05) is 47.0 Å². The van der Waals surface area contributed by atoms with Crippen molar-refractivity contribution in [2.45, 2.75) is 66.8 Å². The van der Waals surface area contributed by atoms with Crippen molar-refractivity contribution in [3.8, 4) is 0 Å². The van der Waals surface area contributed by atoms with Crippen molar-refractivity contribution in [1.29, 1.82) is 0 Å². The molecule has 1 saturated carbocycles. The van der Waals surface area contributed by atoms with Crippen molar-refractivity contribution in [3.63, 3.8) is 0 Å². The number of amides is 1. The zero-order valence-electron chi connectivity index (χ0n) is 11.3. The van der Waals surface area contributed by atoms with E-state index >= 15 is 0 Å². The molecule has 0 radical (unpaired) electrons. The van der Waals surface area contributed by atoms with Crippen LogP contribution in [-0.4, -0.2) is 12.5 Å². The Hall–Kier alpha value is -0.530. The maximum atomic E-state index is 9.50. The van der Waals surface area contributed by atoms with Crippen molar-refractivity contribution >= 4 is 6.41 Å². The van der Waals surface area contributed by atoms with E-state index < -0.39 is 0 Å². The van der Waals surface area contributed by atoms with Crippen molar-refractivity contribution < 1.29 is 4.79 Å². The van der Waals surface area contributed by atoms with Crippen LogP contribution in [0.2, 0.25) is 0 Å². The SMILES string of the molecule is CC.CC(C)C1CCC1.CC(C)NC=O. The Morgan fingerprint density at radius 2 is 1.60 bits per heavy atom. The highest BCUT2D eigenvalue weighted by atomic mass is 16.1. The molecule has 1 N–H and O–H groups in total. The zero-order valence-corrected chi connectivity index (χ0v) is 11.3. The van der Waals surface area contributed by atoms with Crippen LogP contribution in [0.1, 0.15) is 60.8 Å². The molecule has 0 saturated heterocycles. The van der Waals surface area contributed by atoms with Gasteiger partial charge in [-0.25, -0.2) is 0 Å². The second-order valence-corrected chi connectivity index (χ2v) is 4.37. The molecule has 2 nitrogen and oxygen atoms in total. The first-order chi connectivity index (χ1) is 7.07. The molecular formula is C13H29NO.